The molecule has 2 aromatic carbocycles. The van der Waals surface area contributed by atoms with Gasteiger partial charge in [0.05, 0.1) is 16.8 Å². The zero-order chi connectivity index (χ0) is 23.7. The van der Waals surface area contributed by atoms with Gasteiger partial charge in [-0.15, -0.1) is 5.10 Å². The minimum atomic E-state index is 0.171. The van der Waals surface area contributed by atoms with Gasteiger partial charge in [0.25, 0.3) is 0 Å². The van der Waals surface area contributed by atoms with E-state index in [9.17, 15) is 0 Å². The summed E-state index contributed by atoms with van der Waals surface area (Å²) >= 11 is 0. The molecule has 0 bridgehead atoms. The van der Waals surface area contributed by atoms with E-state index in [4.69, 9.17) is 9.84 Å². The van der Waals surface area contributed by atoms with Gasteiger partial charge in [0, 0.05) is 33.7 Å². The Morgan fingerprint density at radius 1 is 1.00 bits per heavy atom. The van der Waals surface area contributed by atoms with Crippen molar-refractivity contribution in [2.24, 2.45) is 0 Å². The van der Waals surface area contributed by atoms with Crippen molar-refractivity contribution < 1.29 is 4.74 Å². The zero-order valence-electron chi connectivity index (χ0n) is 20.4. The topological polar surface area (TPSA) is 59.3 Å². The number of hydrogen-bond donors (Lipinski definition) is 0. The quantitative estimate of drug-likeness (QED) is 0.416. The van der Waals surface area contributed by atoms with E-state index >= 15 is 0 Å². The number of hydrogen-bond acceptors (Lipinski definition) is 6. The van der Waals surface area contributed by atoms with E-state index in [0.29, 0.717) is 0 Å². The number of benzene rings is 2. The Morgan fingerprint density at radius 3 is 2.56 bits per heavy atom. The summed E-state index contributed by atoms with van der Waals surface area (Å²) in [6.45, 7) is 7.13. The SMILES string of the molecule is Cc1nnc(N(C)C)c2nn(-c3ccccc3OC3CCN(CCc4ccccc4)C3)c(C)c12. The Kier molecular flexibility index (Phi) is 6.20. The van der Waals surface area contributed by atoms with Crippen molar-refractivity contribution in [1.29, 1.82) is 0 Å². The number of aryl methyl sites for hydroxylation is 2. The van der Waals surface area contributed by atoms with E-state index in [-0.39, 0.29) is 6.10 Å². The lowest BCUT2D eigenvalue weighted by Gasteiger charge is -2.19. The number of nitrogens with zero attached hydrogens (tertiary/aromatic N) is 6. The minimum Gasteiger partial charge on any atom is -0.487 e. The summed E-state index contributed by atoms with van der Waals surface area (Å²) in [6.07, 6.45) is 2.27. The molecule has 0 saturated carbocycles. The highest BCUT2D eigenvalue weighted by Gasteiger charge is 2.25. The van der Waals surface area contributed by atoms with Gasteiger partial charge in [0.2, 0.25) is 0 Å². The van der Waals surface area contributed by atoms with E-state index in [2.05, 4.69) is 58.4 Å². The minimum absolute atomic E-state index is 0.171. The number of aromatic nitrogens is 4. The third kappa shape index (κ3) is 4.35. The smallest absolute Gasteiger partial charge is 0.179 e. The monoisotopic (exact) mass is 456 g/mol. The predicted molar refractivity (Wildman–Crippen MR) is 136 cm³/mol. The lowest BCUT2D eigenvalue weighted by molar-refractivity contribution is 0.200. The molecule has 1 fully saturated rings. The van der Waals surface area contributed by atoms with Gasteiger partial charge in [-0.05, 0) is 44.4 Å². The second kappa shape index (κ2) is 9.43. The number of fused-ring (bicyclic) bond motifs is 1. The molecule has 0 aliphatic carbocycles. The molecule has 1 saturated heterocycles. The summed E-state index contributed by atoms with van der Waals surface area (Å²) in [7, 11) is 3.93. The van der Waals surface area contributed by atoms with Gasteiger partial charge in [-0.25, -0.2) is 4.68 Å². The maximum absolute atomic E-state index is 6.56. The number of para-hydroxylation sites is 2. The summed E-state index contributed by atoms with van der Waals surface area (Å²) in [6, 6.07) is 18.9. The molecule has 1 unspecified atom stereocenters. The van der Waals surface area contributed by atoms with E-state index in [1.54, 1.807) is 0 Å². The first-order valence-electron chi connectivity index (χ1n) is 11.9. The maximum atomic E-state index is 6.56. The van der Waals surface area contributed by atoms with Crippen molar-refractivity contribution in [3.8, 4) is 11.4 Å². The van der Waals surface area contributed by atoms with Gasteiger partial charge in [0.15, 0.2) is 5.82 Å². The molecule has 3 heterocycles. The Balaban J connectivity index is 1.37. The van der Waals surface area contributed by atoms with Crippen LogP contribution in [0.4, 0.5) is 5.82 Å². The van der Waals surface area contributed by atoms with Crippen LogP contribution in [-0.4, -0.2) is 64.7 Å². The highest BCUT2D eigenvalue weighted by Crippen LogP contribution is 2.32. The molecule has 4 aromatic rings. The Hall–Kier alpha value is -3.45. The van der Waals surface area contributed by atoms with Crippen molar-refractivity contribution >= 4 is 16.7 Å². The Bertz CT molecular complexity index is 1280. The van der Waals surface area contributed by atoms with Crippen molar-refractivity contribution in [2.75, 3.05) is 38.6 Å². The zero-order valence-corrected chi connectivity index (χ0v) is 20.4. The average molecular weight is 457 g/mol. The molecule has 0 amide bonds. The normalized spacial score (nSPS) is 16.3. The first-order chi connectivity index (χ1) is 16.5. The fourth-order valence-electron chi connectivity index (χ4n) is 4.79. The van der Waals surface area contributed by atoms with Gasteiger partial charge in [-0.1, -0.05) is 42.5 Å². The molecule has 7 heteroatoms. The van der Waals surface area contributed by atoms with Gasteiger partial charge < -0.3 is 9.64 Å². The molecule has 2 aromatic heterocycles. The number of rotatable bonds is 7. The molecule has 176 valence electrons. The largest absolute Gasteiger partial charge is 0.487 e. The molecular formula is C27H32N6O. The molecule has 34 heavy (non-hydrogen) atoms. The molecule has 0 spiro atoms. The summed E-state index contributed by atoms with van der Waals surface area (Å²) < 4.78 is 8.54. The van der Waals surface area contributed by atoms with Crippen LogP contribution in [0.5, 0.6) is 5.75 Å². The van der Waals surface area contributed by atoms with Crippen LogP contribution in [0.1, 0.15) is 23.4 Å². The summed E-state index contributed by atoms with van der Waals surface area (Å²) in [4.78, 5) is 4.45. The molecular weight excluding hydrogens is 424 g/mol. The molecule has 7 nitrogen and oxygen atoms in total. The third-order valence-electron chi connectivity index (χ3n) is 6.58. The molecule has 5 rings (SSSR count). The van der Waals surface area contributed by atoms with Crippen LogP contribution in [0, 0.1) is 13.8 Å². The maximum Gasteiger partial charge on any atom is 0.179 e. The second-order valence-electron chi connectivity index (χ2n) is 9.26. The van der Waals surface area contributed by atoms with E-state index in [1.807, 2.05) is 48.8 Å². The number of anilines is 1. The van der Waals surface area contributed by atoms with Crippen LogP contribution in [0.3, 0.4) is 0 Å². The van der Waals surface area contributed by atoms with Gasteiger partial charge >= 0.3 is 0 Å². The van der Waals surface area contributed by atoms with Gasteiger partial charge in [-0.3, -0.25) is 4.90 Å². The van der Waals surface area contributed by atoms with Crippen LogP contribution < -0.4 is 9.64 Å². The lowest BCUT2D eigenvalue weighted by atomic mass is 10.1. The second-order valence-corrected chi connectivity index (χ2v) is 9.26. The molecule has 0 radical (unpaired) electrons. The average Bonchev–Trinajstić information content (AvgIpc) is 3.43. The molecule has 1 atom stereocenters. The Morgan fingerprint density at radius 2 is 1.76 bits per heavy atom. The first-order valence-corrected chi connectivity index (χ1v) is 11.9. The predicted octanol–water partition coefficient (Wildman–Crippen LogP) is 4.19. The lowest BCUT2D eigenvalue weighted by Crippen LogP contribution is -2.27. The summed E-state index contributed by atoms with van der Waals surface area (Å²) in [5.74, 6) is 1.63. The fourth-order valence-corrected chi connectivity index (χ4v) is 4.79. The van der Waals surface area contributed by atoms with Crippen molar-refractivity contribution in [3.63, 3.8) is 0 Å². The van der Waals surface area contributed by atoms with Gasteiger partial charge in [-0.2, -0.15) is 10.2 Å². The van der Waals surface area contributed by atoms with E-state index in [0.717, 1.165) is 72.0 Å². The van der Waals surface area contributed by atoms with Crippen LogP contribution in [0.15, 0.2) is 54.6 Å². The van der Waals surface area contributed by atoms with Crippen LogP contribution in [0.25, 0.3) is 16.6 Å². The van der Waals surface area contributed by atoms with E-state index in [1.165, 1.54) is 5.56 Å². The van der Waals surface area contributed by atoms with Crippen LogP contribution in [0.2, 0.25) is 0 Å². The number of ether oxygens (including phenoxy) is 1. The first kappa shape index (κ1) is 22.3. The number of likely N-dealkylation sites (tertiary alicyclic amines) is 1. The van der Waals surface area contributed by atoms with Crippen LogP contribution >= 0.6 is 0 Å². The standard InChI is InChI=1S/C27H32N6O/c1-19-25-20(2)33(30-26(25)27(29-28-19)31(3)4)23-12-8-9-13-24(23)34-22-15-17-32(18-22)16-14-21-10-6-5-7-11-21/h5-13,22H,14-18H2,1-4H3. The third-order valence-corrected chi connectivity index (χ3v) is 6.58. The van der Waals surface area contributed by atoms with E-state index < -0.39 is 0 Å². The van der Waals surface area contributed by atoms with Gasteiger partial charge in [0.1, 0.15) is 23.1 Å². The Labute approximate surface area is 201 Å². The van der Waals surface area contributed by atoms with Crippen molar-refractivity contribution in [3.05, 3.63) is 71.5 Å². The van der Waals surface area contributed by atoms with Crippen molar-refractivity contribution in [2.45, 2.75) is 32.8 Å². The van der Waals surface area contributed by atoms with Crippen LogP contribution in [-0.2, 0) is 6.42 Å². The highest BCUT2D eigenvalue weighted by atomic mass is 16.5. The fraction of sp³-hybridized carbons (Fsp3) is 0.370. The summed E-state index contributed by atoms with van der Waals surface area (Å²) in [5.41, 5.74) is 5.11. The van der Waals surface area contributed by atoms with Crippen molar-refractivity contribution in [1.82, 2.24) is 24.9 Å². The molecule has 1 aliphatic heterocycles. The highest BCUT2D eigenvalue weighted by molar-refractivity contribution is 5.92. The molecule has 0 N–H and O–H groups in total. The summed E-state index contributed by atoms with van der Waals surface area (Å²) in [5, 5.41) is 14.7. The molecule has 1 aliphatic rings.